The molecule has 0 aliphatic carbocycles. The summed E-state index contributed by atoms with van der Waals surface area (Å²) in [6.45, 7) is 2.62. The number of fused-ring (bicyclic) bond motifs is 2. The van der Waals surface area contributed by atoms with Crippen LogP contribution in [0.3, 0.4) is 0 Å². The number of nitrogens with two attached hydrogens (primary N) is 1. The zero-order chi connectivity index (χ0) is 19.7. The van der Waals surface area contributed by atoms with Gasteiger partial charge >= 0.3 is 5.97 Å². The maximum absolute atomic E-state index is 12.6. The van der Waals surface area contributed by atoms with Crippen molar-refractivity contribution in [1.82, 2.24) is 4.57 Å². The van der Waals surface area contributed by atoms with Gasteiger partial charge in [-0.05, 0) is 35.4 Å². The third-order valence-corrected chi connectivity index (χ3v) is 4.91. The highest BCUT2D eigenvalue weighted by molar-refractivity contribution is 6.01. The highest BCUT2D eigenvalue weighted by atomic mass is 16.5. The molecule has 0 bridgehead atoms. The lowest BCUT2D eigenvalue weighted by Gasteiger charge is -2.13. The van der Waals surface area contributed by atoms with Crippen LogP contribution < -0.4 is 5.73 Å². The molecule has 0 fully saturated rings. The highest BCUT2D eigenvalue weighted by Crippen LogP contribution is 2.26. The van der Waals surface area contributed by atoms with Gasteiger partial charge in [0.15, 0.2) is 0 Å². The summed E-state index contributed by atoms with van der Waals surface area (Å²) in [6.07, 6.45) is 0. The molecule has 5 heteroatoms. The summed E-state index contributed by atoms with van der Waals surface area (Å²) in [6, 6.07) is 21.7. The molecule has 4 aromatic rings. The van der Waals surface area contributed by atoms with Crippen molar-refractivity contribution < 1.29 is 9.53 Å². The molecule has 1 heterocycles. The average Bonchev–Trinajstić information content (AvgIpc) is 3.06. The number of nitrogens with one attached hydrogen (secondary N) is 1. The minimum atomic E-state index is -0.358. The van der Waals surface area contributed by atoms with Gasteiger partial charge in [0.25, 0.3) is 0 Å². The summed E-state index contributed by atoms with van der Waals surface area (Å²) in [5.41, 5.74) is 8.75. The third kappa shape index (κ3) is 3.11. The molecule has 0 saturated heterocycles. The number of hydrogen-bond donors (Lipinski definition) is 2. The summed E-state index contributed by atoms with van der Waals surface area (Å²) >= 11 is 0. The number of ether oxygens (including phenoxy) is 1. The molecule has 3 aromatic carbocycles. The van der Waals surface area contributed by atoms with E-state index in [0.29, 0.717) is 24.4 Å². The van der Waals surface area contributed by atoms with Gasteiger partial charge in [0.1, 0.15) is 11.5 Å². The van der Waals surface area contributed by atoms with Gasteiger partial charge in [-0.15, -0.1) is 0 Å². The number of rotatable bonds is 5. The second kappa shape index (κ2) is 7.19. The number of esters is 1. The molecule has 3 N–H and O–H groups in total. The van der Waals surface area contributed by atoms with Crippen molar-refractivity contribution in [1.29, 1.82) is 5.41 Å². The van der Waals surface area contributed by atoms with Gasteiger partial charge in [0.05, 0.1) is 6.61 Å². The first-order valence-electron chi connectivity index (χ1n) is 9.20. The van der Waals surface area contributed by atoms with Gasteiger partial charge in [-0.3, -0.25) is 5.41 Å². The van der Waals surface area contributed by atoms with Crippen LogP contribution in [-0.2, 0) is 11.3 Å². The van der Waals surface area contributed by atoms with Crippen molar-refractivity contribution in [2.75, 3.05) is 6.61 Å². The lowest BCUT2D eigenvalue weighted by atomic mass is 10.0. The minimum absolute atomic E-state index is 0.00232. The summed E-state index contributed by atoms with van der Waals surface area (Å²) < 4.78 is 7.22. The van der Waals surface area contributed by atoms with Gasteiger partial charge < -0.3 is 15.0 Å². The van der Waals surface area contributed by atoms with Gasteiger partial charge in [0, 0.05) is 23.0 Å². The lowest BCUT2D eigenvalue weighted by molar-refractivity contribution is 0.0515. The SMILES string of the molecule is CCOC(=O)c1cc2ccc(C(=N)N)cc2n1Cc1cccc2ccccc12. The first-order valence-corrected chi connectivity index (χ1v) is 9.20. The van der Waals surface area contributed by atoms with Crippen LogP contribution in [0.2, 0.25) is 0 Å². The van der Waals surface area contributed by atoms with Crippen molar-refractivity contribution in [3.05, 3.63) is 83.6 Å². The molecule has 0 atom stereocenters. The van der Waals surface area contributed by atoms with Crippen LogP contribution in [0.25, 0.3) is 21.7 Å². The molecule has 4 rings (SSSR count). The number of nitrogen functional groups attached to an aromatic ring is 1. The molecule has 0 aliphatic rings. The Kier molecular flexibility index (Phi) is 4.57. The second-order valence-corrected chi connectivity index (χ2v) is 6.66. The second-order valence-electron chi connectivity index (χ2n) is 6.66. The number of hydrogen-bond acceptors (Lipinski definition) is 3. The van der Waals surface area contributed by atoms with E-state index in [-0.39, 0.29) is 11.8 Å². The van der Waals surface area contributed by atoms with Gasteiger partial charge in [-0.25, -0.2) is 4.79 Å². The van der Waals surface area contributed by atoms with Crippen LogP contribution in [0.5, 0.6) is 0 Å². The molecule has 0 radical (unpaired) electrons. The van der Waals surface area contributed by atoms with E-state index in [4.69, 9.17) is 15.9 Å². The van der Waals surface area contributed by atoms with Crippen molar-refractivity contribution in [3.63, 3.8) is 0 Å². The number of amidine groups is 1. The van der Waals surface area contributed by atoms with Crippen LogP contribution in [0, 0.1) is 5.41 Å². The van der Waals surface area contributed by atoms with E-state index < -0.39 is 0 Å². The van der Waals surface area contributed by atoms with E-state index in [1.165, 1.54) is 0 Å². The number of aromatic nitrogens is 1. The third-order valence-electron chi connectivity index (χ3n) is 4.91. The molecule has 0 unspecified atom stereocenters. The van der Waals surface area contributed by atoms with Crippen LogP contribution in [0.4, 0.5) is 0 Å². The zero-order valence-electron chi connectivity index (χ0n) is 15.6. The largest absolute Gasteiger partial charge is 0.461 e. The Balaban J connectivity index is 1.91. The van der Waals surface area contributed by atoms with Gasteiger partial charge in [-0.2, -0.15) is 0 Å². The normalized spacial score (nSPS) is 11.0. The van der Waals surface area contributed by atoms with E-state index in [1.807, 2.05) is 41.0 Å². The van der Waals surface area contributed by atoms with E-state index in [2.05, 4.69) is 24.3 Å². The standard InChI is InChI=1S/C23H21N3O2/c1-2-28-23(27)21-12-16-10-11-17(22(24)25)13-20(16)26(21)14-18-8-5-7-15-6-3-4-9-19(15)18/h3-13H,2,14H2,1H3,(H3,24,25). The van der Waals surface area contributed by atoms with E-state index in [1.54, 1.807) is 13.0 Å². The number of carbonyl (C=O) groups excluding carboxylic acids is 1. The Bertz CT molecular complexity index is 1200. The molecule has 5 nitrogen and oxygen atoms in total. The first kappa shape index (κ1) is 17.8. The molecule has 140 valence electrons. The number of benzene rings is 3. The topological polar surface area (TPSA) is 81.1 Å². The summed E-state index contributed by atoms with van der Waals surface area (Å²) in [5, 5.41) is 10.9. The fourth-order valence-corrected chi connectivity index (χ4v) is 3.57. The van der Waals surface area contributed by atoms with Crippen molar-refractivity contribution in [2.24, 2.45) is 5.73 Å². The zero-order valence-corrected chi connectivity index (χ0v) is 15.6. The van der Waals surface area contributed by atoms with Crippen molar-refractivity contribution in [3.8, 4) is 0 Å². The Morgan fingerprint density at radius 1 is 1.04 bits per heavy atom. The molecule has 1 aromatic heterocycles. The first-order chi connectivity index (χ1) is 13.6. The number of nitrogens with zero attached hydrogens (tertiary/aromatic N) is 1. The van der Waals surface area contributed by atoms with Gasteiger partial charge in [-0.1, -0.05) is 54.6 Å². The van der Waals surface area contributed by atoms with Gasteiger partial charge in [0.2, 0.25) is 0 Å². The quantitative estimate of drug-likeness (QED) is 0.312. The van der Waals surface area contributed by atoms with Crippen LogP contribution in [-0.4, -0.2) is 23.0 Å². The molecular formula is C23H21N3O2. The summed E-state index contributed by atoms with van der Waals surface area (Å²) in [4.78, 5) is 12.6. The molecule has 0 spiro atoms. The van der Waals surface area contributed by atoms with E-state index in [0.717, 1.165) is 27.2 Å². The molecule has 0 amide bonds. The van der Waals surface area contributed by atoms with Crippen LogP contribution in [0.15, 0.2) is 66.7 Å². The molecule has 28 heavy (non-hydrogen) atoms. The Morgan fingerprint density at radius 2 is 1.82 bits per heavy atom. The number of carbonyl (C=O) groups is 1. The molecule has 0 aliphatic heterocycles. The van der Waals surface area contributed by atoms with Crippen molar-refractivity contribution in [2.45, 2.75) is 13.5 Å². The monoisotopic (exact) mass is 371 g/mol. The lowest BCUT2D eigenvalue weighted by Crippen LogP contribution is -2.14. The Hall–Kier alpha value is -3.60. The predicted molar refractivity (Wildman–Crippen MR) is 112 cm³/mol. The summed E-state index contributed by atoms with van der Waals surface area (Å²) in [7, 11) is 0. The highest BCUT2D eigenvalue weighted by Gasteiger charge is 2.18. The van der Waals surface area contributed by atoms with Crippen LogP contribution in [0.1, 0.15) is 28.5 Å². The average molecular weight is 371 g/mol. The van der Waals surface area contributed by atoms with E-state index >= 15 is 0 Å². The fraction of sp³-hybridized carbons (Fsp3) is 0.130. The van der Waals surface area contributed by atoms with Crippen LogP contribution >= 0.6 is 0 Å². The smallest absolute Gasteiger partial charge is 0.354 e. The molecule has 0 saturated carbocycles. The maximum Gasteiger partial charge on any atom is 0.354 e. The minimum Gasteiger partial charge on any atom is -0.461 e. The van der Waals surface area contributed by atoms with E-state index in [9.17, 15) is 4.79 Å². The summed E-state index contributed by atoms with van der Waals surface area (Å²) in [5.74, 6) is -0.360. The Morgan fingerprint density at radius 3 is 2.61 bits per heavy atom. The Labute approximate surface area is 162 Å². The molecular weight excluding hydrogens is 350 g/mol. The van der Waals surface area contributed by atoms with Crippen molar-refractivity contribution >= 4 is 33.5 Å². The fourth-order valence-electron chi connectivity index (χ4n) is 3.57. The maximum atomic E-state index is 12.6. The predicted octanol–water partition coefficient (Wildman–Crippen LogP) is 4.30.